The molecule has 1 fully saturated rings. The maximum absolute atomic E-state index is 13.1. The second-order valence-corrected chi connectivity index (χ2v) is 5.47. The van der Waals surface area contributed by atoms with E-state index < -0.39 is 23.8 Å². The number of rotatable bonds is 2. The Kier molecular flexibility index (Phi) is 3.39. The van der Waals surface area contributed by atoms with Crippen LogP contribution in [0.3, 0.4) is 0 Å². The second kappa shape index (κ2) is 4.98. The number of likely N-dealkylation sites (tertiary alicyclic amines) is 1. The molecule has 1 saturated heterocycles. The van der Waals surface area contributed by atoms with Crippen LogP contribution >= 0.6 is 0 Å². The highest BCUT2D eigenvalue weighted by atomic mass is 19.4. The van der Waals surface area contributed by atoms with Gasteiger partial charge in [-0.05, 0) is 29.7 Å². The molecule has 0 spiro atoms. The number of amides is 1. The Labute approximate surface area is 118 Å². The highest BCUT2D eigenvalue weighted by molar-refractivity contribution is 5.99. The molecule has 1 aromatic carbocycles. The third-order valence-electron chi connectivity index (χ3n) is 3.91. The van der Waals surface area contributed by atoms with Crippen molar-refractivity contribution < 1.29 is 22.4 Å². The summed E-state index contributed by atoms with van der Waals surface area (Å²) >= 11 is 0. The molecule has 1 N–H and O–H groups in total. The van der Waals surface area contributed by atoms with Crippen molar-refractivity contribution in [2.45, 2.75) is 31.9 Å². The summed E-state index contributed by atoms with van der Waals surface area (Å²) in [4.78, 5) is 13.4. The monoisotopic (exact) mass is 302 g/mol. The summed E-state index contributed by atoms with van der Waals surface area (Å²) in [5.74, 6) is -0.484. The van der Waals surface area contributed by atoms with Gasteiger partial charge in [0.15, 0.2) is 0 Å². The lowest BCUT2D eigenvalue weighted by atomic mass is 9.98. The Morgan fingerprint density at radius 3 is 2.71 bits per heavy atom. The molecule has 21 heavy (non-hydrogen) atoms. The Morgan fingerprint density at radius 2 is 2.10 bits per heavy atom. The number of benzene rings is 1. The van der Waals surface area contributed by atoms with Crippen molar-refractivity contribution in [1.29, 1.82) is 0 Å². The van der Waals surface area contributed by atoms with Gasteiger partial charge in [-0.25, -0.2) is 4.39 Å². The lowest BCUT2D eigenvalue weighted by Crippen LogP contribution is -2.21. The van der Waals surface area contributed by atoms with E-state index in [2.05, 4.69) is 5.32 Å². The first-order chi connectivity index (χ1) is 9.84. The van der Waals surface area contributed by atoms with Gasteiger partial charge in [0.1, 0.15) is 6.17 Å². The van der Waals surface area contributed by atoms with Gasteiger partial charge in [0.2, 0.25) is 0 Å². The van der Waals surface area contributed by atoms with Crippen molar-refractivity contribution in [2.24, 2.45) is 0 Å². The van der Waals surface area contributed by atoms with Crippen LogP contribution in [0.2, 0.25) is 0 Å². The van der Waals surface area contributed by atoms with Crippen molar-refractivity contribution in [3.8, 4) is 0 Å². The van der Waals surface area contributed by atoms with Gasteiger partial charge in [0, 0.05) is 31.7 Å². The van der Waals surface area contributed by atoms with Crippen molar-refractivity contribution in [1.82, 2.24) is 10.2 Å². The van der Waals surface area contributed by atoms with Crippen LogP contribution in [0.25, 0.3) is 0 Å². The lowest BCUT2D eigenvalue weighted by Gasteiger charge is -2.18. The van der Waals surface area contributed by atoms with Crippen molar-refractivity contribution in [2.75, 3.05) is 13.1 Å². The van der Waals surface area contributed by atoms with Gasteiger partial charge in [-0.15, -0.1) is 0 Å². The van der Waals surface area contributed by atoms with Crippen molar-refractivity contribution >= 4 is 5.91 Å². The Morgan fingerprint density at radius 1 is 1.33 bits per heavy atom. The van der Waals surface area contributed by atoms with Crippen LogP contribution in [-0.4, -0.2) is 30.1 Å². The van der Waals surface area contributed by atoms with E-state index >= 15 is 0 Å². The molecule has 1 aromatic rings. The molecule has 114 valence electrons. The fraction of sp³-hybridized carbons (Fsp3) is 0.500. The fourth-order valence-electron chi connectivity index (χ4n) is 2.92. The van der Waals surface area contributed by atoms with Crippen LogP contribution in [0.4, 0.5) is 17.6 Å². The molecule has 2 aliphatic rings. The smallest absolute Gasteiger partial charge is 0.348 e. The van der Waals surface area contributed by atoms with E-state index in [0.717, 1.165) is 6.07 Å². The first-order valence-electron chi connectivity index (χ1n) is 6.72. The quantitative estimate of drug-likeness (QED) is 0.851. The number of fused-ring (bicyclic) bond motifs is 1. The normalized spacial score (nSPS) is 22.5. The van der Waals surface area contributed by atoms with Crippen LogP contribution in [0.5, 0.6) is 0 Å². The molecule has 0 unspecified atom stereocenters. The topological polar surface area (TPSA) is 32.3 Å². The average Bonchev–Trinajstić information content (AvgIpc) is 2.95. The summed E-state index contributed by atoms with van der Waals surface area (Å²) in [7, 11) is 0. The Balaban J connectivity index is 1.95. The van der Waals surface area contributed by atoms with Gasteiger partial charge in [0.25, 0.3) is 5.91 Å². The van der Waals surface area contributed by atoms with Crippen LogP contribution in [0.1, 0.15) is 33.5 Å². The molecular weight excluding hydrogens is 288 g/mol. The van der Waals surface area contributed by atoms with Crippen molar-refractivity contribution in [3.63, 3.8) is 0 Å². The van der Waals surface area contributed by atoms with E-state index in [-0.39, 0.29) is 30.8 Å². The van der Waals surface area contributed by atoms with Crippen LogP contribution in [0, 0.1) is 0 Å². The zero-order chi connectivity index (χ0) is 15.2. The third kappa shape index (κ3) is 2.74. The zero-order valence-electron chi connectivity index (χ0n) is 11.1. The van der Waals surface area contributed by atoms with Gasteiger partial charge in [-0.1, -0.05) is 0 Å². The fourth-order valence-corrected chi connectivity index (χ4v) is 2.92. The van der Waals surface area contributed by atoms with Crippen LogP contribution in [0.15, 0.2) is 12.1 Å². The van der Waals surface area contributed by atoms with E-state index in [1.807, 2.05) is 0 Å². The predicted molar refractivity (Wildman–Crippen MR) is 67.4 cm³/mol. The van der Waals surface area contributed by atoms with E-state index in [4.69, 9.17) is 0 Å². The number of nitrogens with zero attached hydrogens (tertiary/aromatic N) is 1. The maximum Gasteiger partial charge on any atom is 0.416 e. The summed E-state index contributed by atoms with van der Waals surface area (Å²) in [6.45, 7) is 0.875. The highest BCUT2D eigenvalue weighted by Crippen LogP contribution is 2.36. The maximum atomic E-state index is 13.1. The summed E-state index contributed by atoms with van der Waals surface area (Å²) in [5, 5.41) is 2.41. The summed E-state index contributed by atoms with van der Waals surface area (Å²) in [5.41, 5.74) is -0.298. The first-order valence-corrected chi connectivity index (χ1v) is 6.72. The third-order valence-corrected chi connectivity index (χ3v) is 3.91. The lowest BCUT2D eigenvalue weighted by molar-refractivity contribution is -0.138. The highest BCUT2D eigenvalue weighted by Gasteiger charge is 2.38. The van der Waals surface area contributed by atoms with Gasteiger partial charge in [-0.2, -0.15) is 13.2 Å². The van der Waals surface area contributed by atoms with Gasteiger partial charge in [0.05, 0.1) is 5.56 Å². The molecule has 2 heterocycles. The van der Waals surface area contributed by atoms with E-state index in [1.54, 1.807) is 4.90 Å². The summed E-state index contributed by atoms with van der Waals surface area (Å²) < 4.78 is 52.5. The molecule has 2 aliphatic heterocycles. The molecule has 0 radical (unpaired) electrons. The first kappa shape index (κ1) is 14.3. The van der Waals surface area contributed by atoms with Crippen molar-refractivity contribution in [3.05, 3.63) is 34.4 Å². The Hall–Kier alpha value is -1.63. The Bertz CT molecular complexity index is 585. The largest absolute Gasteiger partial charge is 0.416 e. The molecular formula is C14H14F4N2O. The standard InChI is InChI=1S/C14H14F4N2O/c15-9-1-2-20(7-9)6-8-3-10-11(5-19-13(10)21)12(4-8)14(16,17)18/h3-4,9H,1-2,5-7H2,(H,19,21)/t9-/m0/s1. The SMILES string of the molecule is O=C1NCc2c1cc(CN1CC[C@H](F)C1)cc2C(F)(F)F. The van der Waals surface area contributed by atoms with E-state index in [9.17, 15) is 22.4 Å². The summed E-state index contributed by atoms with van der Waals surface area (Å²) in [6.07, 6.45) is -5.03. The molecule has 3 nitrogen and oxygen atoms in total. The zero-order valence-corrected chi connectivity index (χ0v) is 11.1. The molecule has 0 bridgehead atoms. The average molecular weight is 302 g/mol. The van der Waals surface area contributed by atoms with E-state index in [0.29, 0.717) is 18.5 Å². The number of hydrogen-bond acceptors (Lipinski definition) is 2. The predicted octanol–water partition coefficient (Wildman–Crippen LogP) is 2.49. The molecule has 1 atom stereocenters. The number of carbonyl (C=O) groups excluding carboxylic acids is 1. The minimum absolute atomic E-state index is 0.000963. The number of alkyl halides is 4. The van der Waals surface area contributed by atoms with Crippen LogP contribution < -0.4 is 5.32 Å². The van der Waals surface area contributed by atoms with Gasteiger partial charge >= 0.3 is 6.18 Å². The molecule has 0 saturated carbocycles. The van der Waals surface area contributed by atoms with Gasteiger partial charge < -0.3 is 5.32 Å². The number of hydrogen-bond donors (Lipinski definition) is 1. The minimum Gasteiger partial charge on any atom is -0.348 e. The van der Waals surface area contributed by atoms with E-state index in [1.165, 1.54) is 6.07 Å². The molecule has 0 aromatic heterocycles. The van der Waals surface area contributed by atoms with Gasteiger partial charge in [-0.3, -0.25) is 9.69 Å². The molecule has 1 amide bonds. The molecule has 0 aliphatic carbocycles. The molecule has 3 rings (SSSR count). The molecule has 7 heteroatoms. The van der Waals surface area contributed by atoms with Crippen LogP contribution in [-0.2, 0) is 19.3 Å². The minimum atomic E-state index is -4.50. The second-order valence-electron chi connectivity index (χ2n) is 5.47. The summed E-state index contributed by atoms with van der Waals surface area (Å²) in [6, 6.07) is 2.56. The number of halogens is 4. The number of nitrogens with one attached hydrogen (secondary N) is 1. The number of carbonyl (C=O) groups is 1.